The maximum absolute atomic E-state index is 3.78. The summed E-state index contributed by atoms with van der Waals surface area (Å²) in [5.41, 5.74) is 2.68. The van der Waals surface area contributed by atoms with Crippen LogP contribution in [0.3, 0.4) is 0 Å². The smallest absolute Gasteiger partial charge is 0.0576 e. The van der Waals surface area contributed by atoms with Crippen molar-refractivity contribution in [2.24, 2.45) is 5.92 Å². The molecule has 0 spiro atoms. The zero-order chi connectivity index (χ0) is 14.3. The monoisotopic (exact) mass is 280 g/mol. The van der Waals surface area contributed by atoms with Crippen molar-refractivity contribution in [1.29, 1.82) is 0 Å². The summed E-state index contributed by atoms with van der Waals surface area (Å²) in [4.78, 5) is 0. The molecular formula is C19H24N2. The maximum Gasteiger partial charge on any atom is 0.0576 e. The minimum atomic E-state index is 0.286. The van der Waals surface area contributed by atoms with Crippen molar-refractivity contribution in [3.63, 3.8) is 0 Å². The predicted molar refractivity (Wildman–Crippen MR) is 88.3 cm³/mol. The van der Waals surface area contributed by atoms with E-state index in [4.69, 9.17) is 0 Å². The SMILES string of the molecule is c1ccc(C(NCC2CCCNC2)c2ccccc2)cc1. The van der Waals surface area contributed by atoms with Gasteiger partial charge < -0.3 is 10.6 Å². The summed E-state index contributed by atoms with van der Waals surface area (Å²) in [6, 6.07) is 21.8. The van der Waals surface area contributed by atoms with Crippen molar-refractivity contribution >= 4 is 0 Å². The Morgan fingerprint density at radius 3 is 2.10 bits per heavy atom. The van der Waals surface area contributed by atoms with E-state index in [0.29, 0.717) is 0 Å². The Labute approximate surface area is 127 Å². The van der Waals surface area contributed by atoms with Crippen LogP contribution >= 0.6 is 0 Å². The molecule has 0 bridgehead atoms. The highest BCUT2D eigenvalue weighted by atomic mass is 14.9. The topological polar surface area (TPSA) is 24.1 Å². The molecule has 1 fully saturated rings. The lowest BCUT2D eigenvalue weighted by molar-refractivity contribution is 0.352. The molecule has 110 valence electrons. The number of rotatable bonds is 5. The number of benzene rings is 2. The Kier molecular flexibility index (Phi) is 5.03. The van der Waals surface area contributed by atoms with Gasteiger partial charge in [-0.15, -0.1) is 0 Å². The minimum Gasteiger partial charge on any atom is -0.316 e. The third-order valence-electron chi connectivity index (χ3n) is 4.28. The highest BCUT2D eigenvalue weighted by Gasteiger charge is 2.17. The average molecular weight is 280 g/mol. The van der Waals surface area contributed by atoms with Crippen LogP contribution in [-0.2, 0) is 0 Å². The Bertz CT molecular complexity index is 478. The normalized spacial score (nSPS) is 18.8. The molecular weight excluding hydrogens is 256 g/mol. The summed E-state index contributed by atoms with van der Waals surface area (Å²) in [5.74, 6) is 0.744. The molecule has 2 heteroatoms. The van der Waals surface area contributed by atoms with Gasteiger partial charge in [0.2, 0.25) is 0 Å². The van der Waals surface area contributed by atoms with Crippen LogP contribution in [0.15, 0.2) is 60.7 Å². The highest BCUT2D eigenvalue weighted by Crippen LogP contribution is 2.22. The zero-order valence-corrected chi connectivity index (χ0v) is 12.5. The van der Waals surface area contributed by atoms with E-state index in [9.17, 15) is 0 Å². The van der Waals surface area contributed by atoms with Crippen LogP contribution in [0.1, 0.15) is 30.0 Å². The summed E-state index contributed by atoms with van der Waals surface area (Å²) >= 11 is 0. The van der Waals surface area contributed by atoms with Crippen LogP contribution in [0, 0.1) is 5.92 Å². The second-order valence-corrected chi connectivity index (χ2v) is 5.88. The second-order valence-electron chi connectivity index (χ2n) is 5.88. The van der Waals surface area contributed by atoms with Gasteiger partial charge in [0.15, 0.2) is 0 Å². The number of piperidine rings is 1. The van der Waals surface area contributed by atoms with Crippen molar-refractivity contribution in [2.75, 3.05) is 19.6 Å². The minimum absolute atomic E-state index is 0.286. The fraction of sp³-hybridized carbons (Fsp3) is 0.368. The molecule has 3 rings (SSSR count). The van der Waals surface area contributed by atoms with Crippen molar-refractivity contribution in [1.82, 2.24) is 10.6 Å². The summed E-state index contributed by atoms with van der Waals surface area (Å²) in [6.07, 6.45) is 2.63. The average Bonchev–Trinajstić information content (AvgIpc) is 2.58. The second kappa shape index (κ2) is 7.39. The van der Waals surface area contributed by atoms with Crippen LogP contribution in [0.2, 0.25) is 0 Å². The van der Waals surface area contributed by atoms with E-state index >= 15 is 0 Å². The Morgan fingerprint density at radius 1 is 0.952 bits per heavy atom. The molecule has 2 aromatic carbocycles. The van der Waals surface area contributed by atoms with E-state index in [1.807, 2.05) is 0 Å². The quantitative estimate of drug-likeness (QED) is 0.877. The number of hydrogen-bond acceptors (Lipinski definition) is 2. The summed E-state index contributed by atoms with van der Waals surface area (Å²) in [7, 11) is 0. The van der Waals surface area contributed by atoms with Crippen molar-refractivity contribution in [3.8, 4) is 0 Å². The van der Waals surface area contributed by atoms with E-state index < -0.39 is 0 Å². The fourth-order valence-electron chi connectivity index (χ4n) is 3.10. The lowest BCUT2D eigenvalue weighted by Crippen LogP contribution is -2.37. The lowest BCUT2D eigenvalue weighted by atomic mass is 9.96. The first-order valence-electron chi connectivity index (χ1n) is 7.97. The Balaban J connectivity index is 1.73. The van der Waals surface area contributed by atoms with Crippen LogP contribution in [0.4, 0.5) is 0 Å². The molecule has 0 aromatic heterocycles. The number of hydrogen-bond donors (Lipinski definition) is 2. The third kappa shape index (κ3) is 3.93. The molecule has 2 aromatic rings. The number of nitrogens with one attached hydrogen (secondary N) is 2. The molecule has 0 aliphatic carbocycles. The van der Waals surface area contributed by atoms with Crippen molar-refractivity contribution < 1.29 is 0 Å². The predicted octanol–water partition coefficient (Wildman–Crippen LogP) is 3.37. The van der Waals surface area contributed by atoms with E-state index in [0.717, 1.165) is 19.0 Å². The Hall–Kier alpha value is -1.64. The molecule has 1 unspecified atom stereocenters. The summed E-state index contributed by atoms with van der Waals surface area (Å²) in [5, 5.41) is 7.28. The fourth-order valence-corrected chi connectivity index (χ4v) is 3.10. The van der Waals surface area contributed by atoms with Crippen molar-refractivity contribution in [3.05, 3.63) is 71.8 Å². The van der Waals surface area contributed by atoms with E-state index in [1.54, 1.807) is 0 Å². The molecule has 2 nitrogen and oxygen atoms in total. The van der Waals surface area contributed by atoms with Gasteiger partial charge in [-0.3, -0.25) is 0 Å². The highest BCUT2D eigenvalue weighted by molar-refractivity contribution is 5.31. The van der Waals surface area contributed by atoms with Gasteiger partial charge in [0.1, 0.15) is 0 Å². The summed E-state index contributed by atoms with van der Waals surface area (Å²) < 4.78 is 0. The molecule has 0 saturated carbocycles. The van der Waals surface area contributed by atoms with Gasteiger partial charge in [0.25, 0.3) is 0 Å². The molecule has 0 radical (unpaired) electrons. The van der Waals surface area contributed by atoms with Crippen molar-refractivity contribution in [2.45, 2.75) is 18.9 Å². The lowest BCUT2D eigenvalue weighted by Gasteiger charge is -2.27. The molecule has 1 heterocycles. The molecule has 1 aliphatic rings. The first-order chi connectivity index (χ1) is 10.4. The molecule has 1 aliphatic heterocycles. The van der Waals surface area contributed by atoms with Gasteiger partial charge in [0.05, 0.1) is 6.04 Å². The van der Waals surface area contributed by atoms with Crippen LogP contribution in [-0.4, -0.2) is 19.6 Å². The Morgan fingerprint density at radius 2 is 1.57 bits per heavy atom. The van der Waals surface area contributed by atoms with Crippen LogP contribution in [0.25, 0.3) is 0 Å². The van der Waals surface area contributed by atoms with E-state index in [1.165, 1.54) is 30.5 Å². The van der Waals surface area contributed by atoms with E-state index in [2.05, 4.69) is 71.3 Å². The molecule has 1 saturated heterocycles. The standard InChI is InChI=1S/C19H24N2/c1-3-9-17(10-4-1)19(18-11-5-2-6-12-18)21-15-16-8-7-13-20-14-16/h1-6,9-12,16,19-21H,7-8,13-15H2. The molecule has 0 amide bonds. The van der Waals surface area contributed by atoms with Gasteiger partial charge in [-0.05, 0) is 43.0 Å². The largest absolute Gasteiger partial charge is 0.316 e. The first kappa shape index (κ1) is 14.3. The third-order valence-corrected chi connectivity index (χ3v) is 4.28. The van der Waals surface area contributed by atoms with Gasteiger partial charge in [0, 0.05) is 6.54 Å². The summed E-state index contributed by atoms with van der Waals surface area (Å²) in [6.45, 7) is 3.39. The van der Waals surface area contributed by atoms with Gasteiger partial charge in [-0.25, -0.2) is 0 Å². The van der Waals surface area contributed by atoms with Gasteiger partial charge in [-0.1, -0.05) is 60.7 Å². The van der Waals surface area contributed by atoms with Gasteiger partial charge >= 0.3 is 0 Å². The van der Waals surface area contributed by atoms with Crippen LogP contribution in [0.5, 0.6) is 0 Å². The molecule has 2 N–H and O–H groups in total. The first-order valence-corrected chi connectivity index (χ1v) is 7.97. The van der Waals surface area contributed by atoms with Gasteiger partial charge in [-0.2, -0.15) is 0 Å². The van der Waals surface area contributed by atoms with E-state index in [-0.39, 0.29) is 6.04 Å². The molecule has 21 heavy (non-hydrogen) atoms. The zero-order valence-electron chi connectivity index (χ0n) is 12.5. The van der Waals surface area contributed by atoms with Crippen LogP contribution < -0.4 is 10.6 Å². The molecule has 1 atom stereocenters. The maximum atomic E-state index is 3.78.